The van der Waals surface area contributed by atoms with E-state index in [1.54, 1.807) is 0 Å². The molecule has 0 aromatic rings. The summed E-state index contributed by atoms with van der Waals surface area (Å²) in [6.45, 7) is 1.03. The quantitative estimate of drug-likeness (QED) is 0.0917. The van der Waals surface area contributed by atoms with Gasteiger partial charge in [-0.15, -0.1) is 0 Å². The summed E-state index contributed by atoms with van der Waals surface area (Å²) < 4.78 is 23.3. The number of likely N-dealkylation sites (N-methyl/N-ethyl adjacent to an activating group) is 1. The molecular weight excluding hydrogens is 616 g/mol. The second kappa shape index (κ2) is 15.1. The highest BCUT2D eigenvalue weighted by atomic mass is 16.7. The SMILES string of the molecule is CN[C@@H]1[C@@H](O)[C@@H](O[C@H]2[C@H](NC(=O)C3(O)CC(N)C3)C[C@H](N)C(O[C@H]3O[C@H](CNCC(N)CO)[C@@H](O)[C@H](O)[C@H]3O)[C@@H]2O)OC[C@]1(C)O. The predicted molar refractivity (Wildman–Crippen MR) is 156 cm³/mol. The van der Waals surface area contributed by atoms with E-state index in [1.807, 2.05) is 0 Å². The molecule has 2 heterocycles. The minimum atomic E-state index is -1.76. The Morgan fingerprint density at radius 2 is 1.63 bits per heavy atom. The molecule has 2 aliphatic heterocycles. The Morgan fingerprint density at radius 3 is 2.24 bits per heavy atom. The highest BCUT2D eigenvalue weighted by molar-refractivity contribution is 5.86. The van der Waals surface area contributed by atoms with Crippen LogP contribution in [0.2, 0.25) is 0 Å². The summed E-state index contributed by atoms with van der Waals surface area (Å²) in [6.07, 6.45) is -15.0. The maximum absolute atomic E-state index is 13.1. The maximum atomic E-state index is 13.1. The van der Waals surface area contributed by atoms with Crippen molar-refractivity contribution in [3.63, 3.8) is 0 Å². The fraction of sp³-hybridized carbons (Fsp3) is 0.963. The molecule has 4 rings (SSSR count). The molecule has 19 heteroatoms. The van der Waals surface area contributed by atoms with Gasteiger partial charge in [-0.2, -0.15) is 0 Å². The summed E-state index contributed by atoms with van der Waals surface area (Å²) >= 11 is 0. The second-order valence-electron chi connectivity index (χ2n) is 13.3. The summed E-state index contributed by atoms with van der Waals surface area (Å²) in [5.41, 5.74) is 14.7. The molecular formula is C27H52N6O13. The van der Waals surface area contributed by atoms with Crippen molar-refractivity contribution < 1.29 is 64.6 Å². The minimum absolute atomic E-state index is 0.0217. The third-order valence-corrected chi connectivity index (χ3v) is 9.34. The van der Waals surface area contributed by atoms with Crippen molar-refractivity contribution in [1.29, 1.82) is 0 Å². The van der Waals surface area contributed by atoms with Crippen molar-refractivity contribution in [3.8, 4) is 0 Å². The van der Waals surface area contributed by atoms with Crippen molar-refractivity contribution in [2.75, 3.05) is 33.4 Å². The summed E-state index contributed by atoms with van der Waals surface area (Å²) in [4.78, 5) is 13.1. The smallest absolute Gasteiger partial charge is 0.252 e. The Kier molecular flexibility index (Phi) is 12.4. The molecule has 0 bridgehead atoms. The van der Waals surface area contributed by atoms with Crippen LogP contribution in [0.4, 0.5) is 0 Å². The van der Waals surface area contributed by atoms with Gasteiger partial charge in [-0.1, -0.05) is 0 Å². The van der Waals surface area contributed by atoms with Crippen molar-refractivity contribution in [2.24, 2.45) is 17.2 Å². The van der Waals surface area contributed by atoms with E-state index in [9.17, 15) is 40.5 Å². The molecule has 268 valence electrons. The van der Waals surface area contributed by atoms with Gasteiger partial charge in [0.05, 0.1) is 25.3 Å². The van der Waals surface area contributed by atoms with E-state index in [-0.39, 0.29) is 51.6 Å². The van der Waals surface area contributed by atoms with Gasteiger partial charge in [0.1, 0.15) is 60.0 Å². The first-order valence-corrected chi connectivity index (χ1v) is 15.5. The van der Waals surface area contributed by atoms with E-state index in [1.165, 1.54) is 14.0 Å². The normalized spacial score (nSPS) is 48.8. The van der Waals surface area contributed by atoms with Crippen LogP contribution in [0.1, 0.15) is 26.2 Å². The molecule has 2 aliphatic carbocycles. The van der Waals surface area contributed by atoms with Gasteiger partial charge in [-0.25, -0.2) is 0 Å². The first-order valence-electron chi connectivity index (χ1n) is 15.5. The number of hydrogen-bond acceptors (Lipinski definition) is 18. The first-order chi connectivity index (χ1) is 21.5. The number of amides is 1. The topological polar surface area (TPSA) is 330 Å². The molecule has 2 saturated carbocycles. The van der Waals surface area contributed by atoms with Crippen molar-refractivity contribution in [3.05, 3.63) is 0 Å². The van der Waals surface area contributed by atoms with E-state index in [0.29, 0.717) is 0 Å². The van der Waals surface area contributed by atoms with Crippen LogP contribution in [0.3, 0.4) is 0 Å². The molecule has 17 N–H and O–H groups in total. The number of nitrogens with two attached hydrogens (primary N) is 3. The zero-order chi connectivity index (χ0) is 34.1. The Balaban J connectivity index is 1.52. The average molecular weight is 669 g/mol. The van der Waals surface area contributed by atoms with Crippen LogP contribution < -0.4 is 33.2 Å². The maximum Gasteiger partial charge on any atom is 0.252 e. The third-order valence-electron chi connectivity index (χ3n) is 9.34. The van der Waals surface area contributed by atoms with E-state index in [2.05, 4.69) is 16.0 Å². The van der Waals surface area contributed by atoms with Crippen LogP contribution in [0, 0.1) is 0 Å². The van der Waals surface area contributed by atoms with Crippen LogP contribution in [0.5, 0.6) is 0 Å². The van der Waals surface area contributed by atoms with Gasteiger partial charge in [0.15, 0.2) is 12.6 Å². The monoisotopic (exact) mass is 668 g/mol. The Morgan fingerprint density at radius 1 is 0.978 bits per heavy atom. The molecule has 0 aromatic carbocycles. The summed E-state index contributed by atoms with van der Waals surface area (Å²) in [5, 5.41) is 93.2. The summed E-state index contributed by atoms with van der Waals surface area (Å²) in [5.74, 6) is -0.757. The third kappa shape index (κ3) is 7.98. The highest BCUT2D eigenvalue weighted by Crippen LogP contribution is 2.35. The lowest BCUT2D eigenvalue weighted by Crippen LogP contribution is -2.71. The number of aliphatic hydroxyl groups excluding tert-OH is 6. The lowest BCUT2D eigenvalue weighted by Gasteiger charge is -2.50. The molecule has 0 aromatic heterocycles. The molecule has 15 atom stereocenters. The lowest BCUT2D eigenvalue weighted by atomic mass is 9.75. The summed E-state index contributed by atoms with van der Waals surface area (Å²) in [7, 11) is 1.53. The zero-order valence-electron chi connectivity index (χ0n) is 26.0. The van der Waals surface area contributed by atoms with Gasteiger partial charge in [-0.05, 0) is 20.4 Å². The number of carbonyl (C=O) groups is 1. The Labute approximate surface area is 266 Å². The van der Waals surface area contributed by atoms with Crippen LogP contribution >= 0.6 is 0 Å². The average Bonchev–Trinajstić information content (AvgIpc) is 2.98. The largest absolute Gasteiger partial charge is 0.395 e. The molecule has 19 nitrogen and oxygen atoms in total. The molecule has 1 amide bonds. The molecule has 4 aliphatic rings. The van der Waals surface area contributed by atoms with Crippen LogP contribution in [-0.4, -0.2) is 183 Å². The van der Waals surface area contributed by atoms with Gasteiger partial charge in [0.25, 0.3) is 5.91 Å². The minimum Gasteiger partial charge on any atom is -0.395 e. The van der Waals surface area contributed by atoms with Crippen molar-refractivity contribution >= 4 is 5.91 Å². The van der Waals surface area contributed by atoms with Crippen LogP contribution in [0.25, 0.3) is 0 Å². The molecule has 4 fully saturated rings. The van der Waals surface area contributed by atoms with Crippen LogP contribution in [0.15, 0.2) is 0 Å². The first kappa shape index (κ1) is 37.6. The molecule has 0 radical (unpaired) electrons. The number of ether oxygens (including phenoxy) is 4. The van der Waals surface area contributed by atoms with Gasteiger partial charge in [0, 0.05) is 44.1 Å². The fourth-order valence-electron chi connectivity index (χ4n) is 6.58. The standard InChI is InChI=1S/C27H52N6O13/c1-26(41)9-43-23(19(39)22(26)31-2)46-21-13(33-25(40)27(42)4-10(28)5-27)3-12(30)20(18(21)38)45-24-17(37)16(36)15(35)14(44-24)7-32-6-11(29)8-34/h10-24,31-32,34-39,41-42H,3-9,28-30H2,1-2H3,(H,33,40)/t10?,11?,12-,13+,14+,15+,16-,17+,18-,19+,20?,21-,22+,23+,24+,26-,27?/m0/s1. The molecule has 0 spiro atoms. The van der Waals surface area contributed by atoms with Crippen molar-refractivity contribution in [1.82, 2.24) is 16.0 Å². The van der Waals surface area contributed by atoms with E-state index < -0.39 is 103 Å². The van der Waals surface area contributed by atoms with E-state index in [4.69, 9.17) is 41.3 Å². The van der Waals surface area contributed by atoms with E-state index in [0.717, 1.165) is 0 Å². The number of carbonyl (C=O) groups excluding carboxylic acids is 1. The lowest BCUT2D eigenvalue weighted by molar-refractivity contribution is -0.331. The van der Waals surface area contributed by atoms with E-state index >= 15 is 0 Å². The number of nitrogens with one attached hydrogen (secondary N) is 3. The highest BCUT2D eigenvalue weighted by Gasteiger charge is 2.55. The predicted octanol–water partition coefficient (Wildman–Crippen LogP) is -8.04. The van der Waals surface area contributed by atoms with Gasteiger partial charge < -0.3 is 93.0 Å². The van der Waals surface area contributed by atoms with Gasteiger partial charge >= 0.3 is 0 Å². The Hall–Kier alpha value is -1.21. The number of aliphatic hydroxyl groups is 8. The van der Waals surface area contributed by atoms with Gasteiger partial charge in [0.2, 0.25) is 0 Å². The fourth-order valence-corrected chi connectivity index (χ4v) is 6.58. The number of hydrogen-bond donors (Lipinski definition) is 14. The second-order valence-corrected chi connectivity index (χ2v) is 13.3. The zero-order valence-corrected chi connectivity index (χ0v) is 26.0. The molecule has 2 unspecified atom stereocenters. The Bertz CT molecular complexity index is 1010. The molecule has 2 saturated heterocycles. The molecule has 46 heavy (non-hydrogen) atoms. The van der Waals surface area contributed by atoms with Crippen LogP contribution in [-0.2, 0) is 23.7 Å². The van der Waals surface area contributed by atoms with Gasteiger partial charge in [-0.3, -0.25) is 4.79 Å². The summed E-state index contributed by atoms with van der Waals surface area (Å²) in [6, 6.07) is -3.92. The number of rotatable bonds is 12. The van der Waals surface area contributed by atoms with Crippen molar-refractivity contribution in [2.45, 2.75) is 129 Å².